The number of aliphatic carboxylic acids is 1. The summed E-state index contributed by atoms with van der Waals surface area (Å²) in [5.74, 6) is 0.531. The van der Waals surface area contributed by atoms with Crippen molar-refractivity contribution in [1.82, 2.24) is 9.88 Å². The number of aryl methyl sites for hydroxylation is 1. The van der Waals surface area contributed by atoms with Gasteiger partial charge >= 0.3 is 5.97 Å². The summed E-state index contributed by atoms with van der Waals surface area (Å²) in [5, 5.41) is 11.0. The van der Waals surface area contributed by atoms with Crippen LogP contribution in [0.5, 0.6) is 0 Å². The fourth-order valence-corrected chi connectivity index (χ4v) is 2.72. The second kappa shape index (κ2) is 6.87. The van der Waals surface area contributed by atoms with Gasteiger partial charge in [0.25, 0.3) is 0 Å². The summed E-state index contributed by atoms with van der Waals surface area (Å²) in [7, 11) is 0. The first kappa shape index (κ1) is 15.7. The lowest BCUT2D eigenvalue weighted by Gasteiger charge is -2.25. The average molecular weight is 308 g/mol. The SMILES string of the molecule is CCC(C)N(CC(=O)O)Cc1nc(-c2cccs2)oc1C. The molecule has 2 aromatic rings. The third-order valence-electron chi connectivity index (χ3n) is 3.53. The molecule has 0 saturated carbocycles. The predicted molar refractivity (Wildman–Crippen MR) is 82.4 cm³/mol. The monoisotopic (exact) mass is 308 g/mol. The van der Waals surface area contributed by atoms with Crippen LogP contribution in [-0.4, -0.2) is 33.5 Å². The number of aromatic nitrogens is 1. The van der Waals surface area contributed by atoms with Gasteiger partial charge in [0.15, 0.2) is 0 Å². The van der Waals surface area contributed by atoms with Crippen molar-refractivity contribution in [3.05, 3.63) is 29.0 Å². The number of hydrogen-bond acceptors (Lipinski definition) is 5. The van der Waals surface area contributed by atoms with Crippen LogP contribution in [0, 0.1) is 6.92 Å². The van der Waals surface area contributed by atoms with E-state index >= 15 is 0 Å². The highest BCUT2D eigenvalue weighted by Gasteiger charge is 2.20. The molecule has 0 aliphatic carbocycles. The molecule has 1 N–H and O–H groups in total. The number of rotatable bonds is 7. The third kappa shape index (κ3) is 3.92. The minimum Gasteiger partial charge on any atom is -0.480 e. The van der Waals surface area contributed by atoms with Gasteiger partial charge in [-0.2, -0.15) is 0 Å². The second-order valence-corrected chi connectivity index (χ2v) is 6.00. The van der Waals surface area contributed by atoms with Crippen molar-refractivity contribution in [3.8, 4) is 10.8 Å². The zero-order chi connectivity index (χ0) is 15.4. The molecule has 0 amide bonds. The third-order valence-corrected chi connectivity index (χ3v) is 4.39. The molecule has 0 aromatic carbocycles. The van der Waals surface area contributed by atoms with Crippen LogP contribution in [0.15, 0.2) is 21.9 Å². The molecule has 2 heterocycles. The Bertz CT molecular complexity index is 592. The molecule has 2 aromatic heterocycles. The fourth-order valence-electron chi connectivity index (χ4n) is 2.07. The van der Waals surface area contributed by atoms with Gasteiger partial charge in [-0.15, -0.1) is 11.3 Å². The summed E-state index contributed by atoms with van der Waals surface area (Å²) >= 11 is 1.57. The second-order valence-electron chi connectivity index (χ2n) is 5.06. The molecule has 2 rings (SSSR count). The Labute approximate surface area is 128 Å². The van der Waals surface area contributed by atoms with Crippen LogP contribution in [0.3, 0.4) is 0 Å². The Morgan fingerprint density at radius 1 is 1.57 bits per heavy atom. The Hall–Kier alpha value is -1.66. The molecular formula is C15H20N2O3S. The molecule has 6 heteroatoms. The van der Waals surface area contributed by atoms with Crippen LogP contribution in [0.4, 0.5) is 0 Å². The fraction of sp³-hybridized carbons (Fsp3) is 0.467. The van der Waals surface area contributed by atoms with Crippen LogP contribution in [0.1, 0.15) is 31.7 Å². The van der Waals surface area contributed by atoms with Crippen LogP contribution in [0.25, 0.3) is 10.8 Å². The van der Waals surface area contributed by atoms with E-state index in [2.05, 4.69) is 4.98 Å². The van der Waals surface area contributed by atoms with E-state index in [-0.39, 0.29) is 12.6 Å². The van der Waals surface area contributed by atoms with Gasteiger partial charge in [-0.25, -0.2) is 4.98 Å². The number of nitrogens with zero attached hydrogens (tertiary/aromatic N) is 2. The Balaban J connectivity index is 2.18. The minimum atomic E-state index is -0.824. The number of carbonyl (C=O) groups is 1. The maximum absolute atomic E-state index is 11.0. The Morgan fingerprint density at radius 2 is 2.33 bits per heavy atom. The van der Waals surface area contributed by atoms with Crippen LogP contribution in [0.2, 0.25) is 0 Å². The molecule has 114 valence electrons. The largest absolute Gasteiger partial charge is 0.480 e. The molecule has 21 heavy (non-hydrogen) atoms. The molecule has 0 saturated heterocycles. The van der Waals surface area contributed by atoms with E-state index in [1.54, 1.807) is 11.3 Å². The van der Waals surface area contributed by atoms with E-state index in [1.807, 2.05) is 43.2 Å². The van der Waals surface area contributed by atoms with Crippen molar-refractivity contribution in [2.45, 2.75) is 39.8 Å². The lowest BCUT2D eigenvalue weighted by atomic mass is 10.2. The molecule has 1 atom stereocenters. The molecule has 0 aliphatic heterocycles. The van der Waals surface area contributed by atoms with E-state index in [9.17, 15) is 4.79 Å². The lowest BCUT2D eigenvalue weighted by molar-refractivity contribution is -0.139. The number of carboxylic acid groups (broad SMARTS) is 1. The van der Waals surface area contributed by atoms with Gasteiger partial charge in [-0.3, -0.25) is 9.69 Å². The van der Waals surface area contributed by atoms with Crippen molar-refractivity contribution in [2.24, 2.45) is 0 Å². The highest BCUT2D eigenvalue weighted by Crippen LogP contribution is 2.26. The first-order valence-electron chi connectivity index (χ1n) is 6.97. The summed E-state index contributed by atoms with van der Waals surface area (Å²) in [4.78, 5) is 18.4. The van der Waals surface area contributed by atoms with Gasteiger partial charge < -0.3 is 9.52 Å². The van der Waals surface area contributed by atoms with Crippen molar-refractivity contribution >= 4 is 17.3 Å². The van der Waals surface area contributed by atoms with Gasteiger partial charge in [-0.05, 0) is 31.7 Å². The Morgan fingerprint density at radius 3 is 2.90 bits per heavy atom. The maximum Gasteiger partial charge on any atom is 0.317 e. The van der Waals surface area contributed by atoms with Gasteiger partial charge in [0.2, 0.25) is 5.89 Å². The Kier molecular flexibility index (Phi) is 5.14. The molecule has 0 aliphatic rings. The van der Waals surface area contributed by atoms with E-state index in [1.165, 1.54) is 0 Å². The lowest BCUT2D eigenvalue weighted by Crippen LogP contribution is -2.36. The summed E-state index contributed by atoms with van der Waals surface area (Å²) in [6.45, 7) is 6.44. The van der Waals surface area contributed by atoms with E-state index in [0.29, 0.717) is 12.4 Å². The molecule has 5 nitrogen and oxygen atoms in total. The topological polar surface area (TPSA) is 66.6 Å². The number of thiophene rings is 1. The van der Waals surface area contributed by atoms with Crippen molar-refractivity contribution in [1.29, 1.82) is 0 Å². The van der Waals surface area contributed by atoms with Gasteiger partial charge in [-0.1, -0.05) is 13.0 Å². The van der Waals surface area contributed by atoms with E-state index < -0.39 is 5.97 Å². The quantitative estimate of drug-likeness (QED) is 0.849. The molecule has 0 fully saturated rings. The predicted octanol–water partition coefficient (Wildman–Crippen LogP) is 3.40. The van der Waals surface area contributed by atoms with E-state index in [4.69, 9.17) is 9.52 Å². The summed E-state index contributed by atoms with van der Waals surface area (Å²) in [6, 6.07) is 4.10. The molecule has 0 radical (unpaired) electrons. The van der Waals surface area contributed by atoms with E-state index in [0.717, 1.165) is 22.8 Å². The summed E-state index contributed by atoms with van der Waals surface area (Å²) < 4.78 is 5.70. The van der Waals surface area contributed by atoms with Crippen molar-refractivity contribution < 1.29 is 14.3 Å². The standard InChI is InChI=1S/C15H20N2O3S/c1-4-10(2)17(9-14(18)19)8-12-11(3)20-15(16-12)13-6-5-7-21-13/h5-7,10H,4,8-9H2,1-3H3,(H,18,19). The first-order chi connectivity index (χ1) is 10.0. The summed E-state index contributed by atoms with van der Waals surface area (Å²) in [6.07, 6.45) is 0.891. The van der Waals surface area contributed by atoms with Gasteiger partial charge in [0, 0.05) is 12.6 Å². The highest BCUT2D eigenvalue weighted by molar-refractivity contribution is 7.13. The summed E-state index contributed by atoms with van der Waals surface area (Å²) in [5.41, 5.74) is 0.806. The number of hydrogen-bond donors (Lipinski definition) is 1. The number of carboxylic acids is 1. The van der Waals surface area contributed by atoms with Crippen molar-refractivity contribution in [3.63, 3.8) is 0 Å². The average Bonchev–Trinajstić information content (AvgIpc) is 3.07. The van der Waals surface area contributed by atoms with Gasteiger partial charge in [0.1, 0.15) is 5.76 Å². The van der Waals surface area contributed by atoms with Gasteiger partial charge in [0.05, 0.1) is 17.1 Å². The molecule has 0 spiro atoms. The van der Waals surface area contributed by atoms with Crippen LogP contribution >= 0.6 is 11.3 Å². The first-order valence-corrected chi connectivity index (χ1v) is 7.85. The normalized spacial score (nSPS) is 12.8. The van der Waals surface area contributed by atoms with Crippen LogP contribution in [-0.2, 0) is 11.3 Å². The highest BCUT2D eigenvalue weighted by atomic mass is 32.1. The number of oxazole rings is 1. The smallest absolute Gasteiger partial charge is 0.317 e. The maximum atomic E-state index is 11.0. The van der Waals surface area contributed by atoms with Crippen LogP contribution < -0.4 is 0 Å². The minimum absolute atomic E-state index is 0.00957. The molecular weight excluding hydrogens is 288 g/mol. The zero-order valence-electron chi connectivity index (χ0n) is 12.5. The molecule has 0 bridgehead atoms. The zero-order valence-corrected chi connectivity index (χ0v) is 13.3. The van der Waals surface area contributed by atoms with Crippen molar-refractivity contribution in [2.75, 3.05) is 6.54 Å². The molecule has 1 unspecified atom stereocenters.